The number of aliphatic hydroxyl groups excluding tert-OH is 1. The minimum absolute atomic E-state index is 0.0430. The zero-order chi connectivity index (χ0) is 15.0. The summed E-state index contributed by atoms with van der Waals surface area (Å²) in [4.78, 5) is 23.5. The number of unbranched alkanes of at least 4 members (excludes halogenated alkanes) is 2. The summed E-state index contributed by atoms with van der Waals surface area (Å²) in [6, 6.07) is 0. The van der Waals surface area contributed by atoms with E-state index in [1.54, 1.807) is 13.0 Å². The fourth-order valence-electron chi connectivity index (χ4n) is 2.59. The van der Waals surface area contributed by atoms with E-state index in [4.69, 9.17) is 4.74 Å². The van der Waals surface area contributed by atoms with Gasteiger partial charge in [-0.05, 0) is 25.7 Å². The standard InChI is InChI=1S/C16H26O4/c1-3-5-6-7-13(17)10-8-12-9-11-14(18)15(12)16(19)20-4-2/h8,10,12-13,15,17H,3-7,9,11H2,1-2H3/t12-,13?,15+/m0/s1. The summed E-state index contributed by atoms with van der Waals surface area (Å²) in [6.07, 6.45) is 8.11. The summed E-state index contributed by atoms with van der Waals surface area (Å²) in [6.45, 7) is 4.15. The van der Waals surface area contributed by atoms with Crippen molar-refractivity contribution in [1.82, 2.24) is 0 Å². The predicted octanol–water partition coefficient (Wildman–Crippen LogP) is 2.64. The van der Waals surface area contributed by atoms with Gasteiger partial charge in [0.1, 0.15) is 11.7 Å². The average Bonchev–Trinajstić information content (AvgIpc) is 2.78. The van der Waals surface area contributed by atoms with Gasteiger partial charge in [-0.1, -0.05) is 38.3 Å². The van der Waals surface area contributed by atoms with Crippen molar-refractivity contribution in [2.75, 3.05) is 6.61 Å². The second kappa shape index (κ2) is 8.90. The van der Waals surface area contributed by atoms with Crippen LogP contribution in [-0.2, 0) is 14.3 Å². The van der Waals surface area contributed by atoms with E-state index in [1.165, 1.54) is 0 Å². The average molecular weight is 282 g/mol. The van der Waals surface area contributed by atoms with Gasteiger partial charge in [-0.3, -0.25) is 9.59 Å². The molecule has 1 unspecified atom stereocenters. The molecule has 0 saturated heterocycles. The Morgan fingerprint density at radius 1 is 1.45 bits per heavy atom. The van der Waals surface area contributed by atoms with Crippen molar-refractivity contribution < 1.29 is 19.4 Å². The number of hydrogen-bond acceptors (Lipinski definition) is 4. The summed E-state index contributed by atoms with van der Waals surface area (Å²) in [7, 11) is 0. The number of aliphatic hydroxyl groups is 1. The highest BCUT2D eigenvalue weighted by Crippen LogP contribution is 2.31. The smallest absolute Gasteiger partial charge is 0.317 e. The molecule has 0 bridgehead atoms. The number of allylic oxidation sites excluding steroid dienone is 1. The lowest BCUT2D eigenvalue weighted by Gasteiger charge is -2.14. The minimum atomic E-state index is -0.672. The third kappa shape index (κ3) is 5.08. The van der Waals surface area contributed by atoms with Gasteiger partial charge in [-0.15, -0.1) is 0 Å². The molecule has 114 valence electrons. The Labute approximate surface area is 121 Å². The van der Waals surface area contributed by atoms with Gasteiger partial charge in [0.25, 0.3) is 0 Å². The largest absolute Gasteiger partial charge is 0.465 e. The molecule has 0 aliphatic heterocycles. The highest BCUT2D eigenvalue weighted by Gasteiger charge is 2.39. The van der Waals surface area contributed by atoms with E-state index < -0.39 is 18.0 Å². The van der Waals surface area contributed by atoms with E-state index in [-0.39, 0.29) is 11.7 Å². The van der Waals surface area contributed by atoms with Crippen molar-refractivity contribution >= 4 is 11.8 Å². The Morgan fingerprint density at radius 2 is 2.20 bits per heavy atom. The molecule has 1 saturated carbocycles. The summed E-state index contributed by atoms with van der Waals surface area (Å²) in [5.74, 6) is -1.26. The van der Waals surface area contributed by atoms with Crippen LogP contribution in [0.4, 0.5) is 0 Å². The monoisotopic (exact) mass is 282 g/mol. The quantitative estimate of drug-likeness (QED) is 0.322. The van der Waals surface area contributed by atoms with E-state index in [9.17, 15) is 14.7 Å². The topological polar surface area (TPSA) is 63.6 Å². The third-order valence-corrected chi connectivity index (χ3v) is 3.72. The lowest BCUT2D eigenvalue weighted by Crippen LogP contribution is -2.26. The van der Waals surface area contributed by atoms with Crippen LogP contribution < -0.4 is 0 Å². The molecule has 0 spiro atoms. The van der Waals surface area contributed by atoms with Crippen molar-refractivity contribution in [3.8, 4) is 0 Å². The summed E-state index contributed by atoms with van der Waals surface area (Å²) in [5.41, 5.74) is 0. The molecule has 4 nitrogen and oxygen atoms in total. The maximum atomic E-state index is 11.8. The molecular weight excluding hydrogens is 256 g/mol. The van der Waals surface area contributed by atoms with E-state index in [0.717, 1.165) is 25.7 Å². The first-order valence-corrected chi connectivity index (χ1v) is 7.65. The molecule has 0 aromatic rings. The Kier molecular flexibility index (Phi) is 7.52. The summed E-state index contributed by atoms with van der Waals surface area (Å²) < 4.78 is 4.96. The van der Waals surface area contributed by atoms with Crippen molar-refractivity contribution in [3.05, 3.63) is 12.2 Å². The van der Waals surface area contributed by atoms with Crippen LogP contribution >= 0.6 is 0 Å². The van der Waals surface area contributed by atoms with Crippen molar-refractivity contribution in [2.45, 2.75) is 58.5 Å². The maximum Gasteiger partial charge on any atom is 0.317 e. The molecule has 1 aliphatic carbocycles. The highest BCUT2D eigenvalue weighted by atomic mass is 16.5. The Hall–Kier alpha value is -1.16. The molecule has 0 heterocycles. The van der Waals surface area contributed by atoms with Crippen LogP contribution in [0.1, 0.15) is 52.4 Å². The van der Waals surface area contributed by atoms with Gasteiger partial charge in [-0.2, -0.15) is 0 Å². The zero-order valence-corrected chi connectivity index (χ0v) is 12.5. The van der Waals surface area contributed by atoms with Crippen LogP contribution in [0.2, 0.25) is 0 Å². The van der Waals surface area contributed by atoms with E-state index >= 15 is 0 Å². The van der Waals surface area contributed by atoms with Gasteiger partial charge in [0.05, 0.1) is 12.7 Å². The van der Waals surface area contributed by atoms with Gasteiger partial charge in [0, 0.05) is 6.42 Å². The van der Waals surface area contributed by atoms with Gasteiger partial charge in [-0.25, -0.2) is 0 Å². The molecule has 3 atom stereocenters. The number of carbonyl (C=O) groups is 2. The Bertz CT molecular complexity index is 348. The lowest BCUT2D eigenvalue weighted by atomic mass is 9.94. The molecule has 0 aromatic carbocycles. The van der Waals surface area contributed by atoms with E-state index in [0.29, 0.717) is 19.4 Å². The molecule has 0 amide bonds. The van der Waals surface area contributed by atoms with Crippen LogP contribution in [0.5, 0.6) is 0 Å². The Morgan fingerprint density at radius 3 is 2.85 bits per heavy atom. The maximum absolute atomic E-state index is 11.8. The molecular formula is C16H26O4. The summed E-state index contributed by atoms with van der Waals surface area (Å²) >= 11 is 0. The number of carbonyl (C=O) groups excluding carboxylic acids is 2. The number of esters is 1. The van der Waals surface area contributed by atoms with Crippen LogP contribution in [0.3, 0.4) is 0 Å². The molecule has 4 heteroatoms. The molecule has 0 aromatic heterocycles. The SMILES string of the molecule is CCCCCC(O)C=C[C@H]1CCC(=O)[C@@H]1C(=O)OCC. The molecule has 1 rings (SSSR count). The van der Waals surface area contributed by atoms with Crippen LogP contribution in [-0.4, -0.2) is 29.6 Å². The van der Waals surface area contributed by atoms with Gasteiger partial charge >= 0.3 is 5.97 Å². The fourth-order valence-corrected chi connectivity index (χ4v) is 2.59. The van der Waals surface area contributed by atoms with E-state index in [2.05, 4.69) is 6.92 Å². The van der Waals surface area contributed by atoms with Crippen LogP contribution in [0.25, 0.3) is 0 Å². The molecule has 0 radical (unpaired) electrons. The molecule has 1 fully saturated rings. The number of ketones is 1. The van der Waals surface area contributed by atoms with Gasteiger partial charge in [0.2, 0.25) is 0 Å². The first kappa shape index (κ1) is 16.9. The lowest BCUT2D eigenvalue weighted by molar-refractivity contribution is -0.151. The Balaban J connectivity index is 2.52. The molecule has 1 N–H and O–H groups in total. The van der Waals surface area contributed by atoms with Crippen LogP contribution in [0, 0.1) is 11.8 Å². The predicted molar refractivity (Wildman–Crippen MR) is 77.1 cm³/mol. The fraction of sp³-hybridized carbons (Fsp3) is 0.750. The van der Waals surface area contributed by atoms with Crippen molar-refractivity contribution in [1.29, 1.82) is 0 Å². The van der Waals surface area contributed by atoms with Crippen LogP contribution in [0.15, 0.2) is 12.2 Å². The van der Waals surface area contributed by atoms with E-state index in [1.807, 2.05) is 6.08 Å². The normalized spacial score (nSPS) is 24.2. The summed E-state index contributed by atoms with van der Waals surface area (Å²) in [5, 5.41) is 9.84. The second-order valence-corrected chi connectivity index (χ2v) is 5.35. The molecule has 1 aliphatic rings. The number of ether oxygens (including phenoxy) is 1. The van der Waals surface area contributed by atoms with Crippen molar-refractivity contribution in [2.24, 2.45) is 11.8 Å². The first-order valence-electron chi connectivity index (χ1n) is 7.65. The minimum Gasteiger partial charge on any atom is -0.465 e. The van der Waals surface area contributed by atoms with Crippen molar-refractivity contribution in [3.63, 3.8) is 0 Å². The molecule has 20 heavy (non-hydrogen) atoms. The zero-order valence-electron chi connectivity index (χ0n) is 12.5. The number of hydrogen-bond donors (Lipinski definition) is 1. The van der Waals surface area contributed by atoms with Gasteiger partial charge < -0.3 is 9.84 Å². The second-order valence-electron chi connectivity index (χ2n) is 5.35. The highest BCUT2D eigenvalue weighted by molar-refractivity contribution is 6.01. The third-order valence-electron chi connectivity index (χ3n) is 3.72. The number of Topliss-reactive ketones (excluding diaryl/α,β-unsaturated/α-hetero) is 1. The first-order chi connectivity index (χ1) is 9.60. The number of rotatable bonds is 8. The van der Waals surface area contributed by atoms with Gasteiger partial charge in [0.15, 0.2) is 0 Å².